The maximum Gasteiger partial charge on any atom is 0.0300 e. The summed E-state index contributed by atoms with van der Waals surface area (Å²) >= 11 is 0. The number of rotatable bonds is 5. The minimum Gasteiger partial charge on any atom is -0.324 e. The molecule has 1 heterocycles. The number of hydrogen-bond acceptors (Lipinski definition) is 2. The van der Waals surface area contributed by atoms with Crippen molar-refractivity contribution < 1.29 is 0 Å². The number of pyridine rings is 1. The Morgan fingerprint density at radius 1 is 1.17 bits per heavy atom. The molecule has 1 aromatic heterocycles. The van der Waals surface area contributed by atoms with Crippen molar-refractivity contribution in [3.63, 3.8) is 0 Å². The first-order valence-corrected chi connectivity index (χ1v) is 6.47. The Balaban J connectivity index is 1.86. The summed E-state index contributed by atoms with van der Waals surface area (Å²) in [5.74, 6) is 0. The molecule has 18 heavy (non-hydrogen) atoms. The average molecular weight is 240 g/mol. The highest BCUT2D eigenvalue weighted by Crippen LogP contribution is 2.19. The lowest BCUT2D eigenvalue weighted by Gasteiger charge is -2.14. The lowest BCUT2D eigenvalue weighted by molar-refractivity contribution is 0.608. The van der Waals surface area contributed by atoms with Crippen LogP contribution in [0.15, 0.2) is 48.8 Å². The van der Waals surface area contributed by atoms with E-state index in [1.165, 1.54) is 16.7 Å². The molecule has 2 nitrogen and oxygen atoms in total. The number of nitrogens with zero attached hydrogens (tertiary/aromatic N) is 1. The van der Waals surface area contributed by atoms with Gasteiger partial charge in [-0.3, -0.25) is 4.98 Å². The van der Waals surface area contributed by atoms with Crippen LogP contribution in [0.5, 0.6) is 0 Å². The molecule has 0 saturated heterocycles. The summed E-state index contributed by atoms with van der Waals surface area (Å²) in [7, 11) is 0. The van der Waals surface area contributed by atoms with Gasteiger partial charge in [0.15, 0.2) is 0 Å². The van der Waals surface area contributed by atoms with Gasteiger partial charge in [0.25, 0.3) is 0 Å². The predicted octanol–water partition coefficient (Wildman–Crippen LogP) is 3.41. The van der Waals surface area contributed by atoms with Crippen molar-refractivity contribution in [2.75, 3.05) is 0 Å². The van der Waals surface area contributed by atoms with Gasteiger partial charge in [-0.15, -0.1) is 0 Å². The molecule has 0 aliphatic heterocycles. The number of benzene rings is 1. The zero-order valence-electron chi connectivity index (χ0n) is 10.8. The van der Waals surface area contributed by atoms with Crippen LogP contribution < -0.4 is 5.73 Å². The standard InChI is InChI=1S/C16H20N2/c1-13-12-18-11-10-15(13)16(17)9-5-8-14-6-3-2-4-7-14/h2-4,6-7,10-12,16H,5,8-9,17H2,1H3. The fourth-order valence-corrected chi connectivity index (χ4v) is 2.23. The van der Waals surface area contributed by atoms with Gasteiger partial charge < -0.3 is 5.73 Å². The van der Waals surface area contributed by atoms with Gasteiger partial charge in [0.05, 0.1) is 0 Å². The predicted molar refractivity (Wildman–Crippen MR) is 75.3 cm³/mol. The summed E-state index contributed by atoms with van der Waals surface area (Å²) in [5.41, 5.74) is 10.0. The van der Waals surface area contributed by atoms with Crippen LogP contribution >= 0.6 is 0 Å². The summed E-state index contributed by atoms with van der Waals surface area (Å²) in [5, 5.41) is 0. The minimum absolute atomic E-state index is 0.122. The molecule has 0 amide bonds. The fourth-order valence-electron chi connectivity index (χ4n) is 2.23. The second-order valence-electron chi connectivity index (χ2n) is 4.72. The molecule has 1 atom stereocenters. The highest BCUT2D eigenvalue weighted by molar-refractivity contribution is 5.25. The molecule has 1 unspecified atom stereocenters. The molecule has 2 aromatic rings. The smallest absolute Gasteiger partial charge is 0.0300 e. The first kappa shape index (κ1) is 12.8. The molecule has 0 bridgehead atoms. The summed E-state index contributed by atoms with van der Waals surface area (Å²) in [4.78, 5) is 4.10. The van der Waals surface area contributed by atoms with Crippen LogP contribution in [0, 0.1) is 6.92 Å². The van der Waals surface area contributed by atoms with E-state index in [1.807, 2.05) is 18.5 Å². The summed E-state index contributed by atoms with van der Waals surface area (Å²) in [6, 6.07) is 12.7. The van der Waals surface area contributed by atoms with Crippen LogP contribution in [0.25, 0.3) is 0 Å². The Labute approximate surface area is 109 Å². The molecule has 1 aromatic carbocycles. The SMILES string of the molecule is Cc1cnccc1C(N)CCCc1ccccc1. The van der Waals surface area contributed by atoms with E-state index in [0.29, 0.717) is 0 Å². The van der Waals surface area contributed by atoms with Crippen molar-refractivity contribution in [3.8, 4) is 0 Å². The normalized spacial score (nSPS) is 12.3. The van der Waals surface area contributed by atoms with Crippen LogP contribution in [-0.2, 0) is 6.42 Å². The van der Waals surface area contributed by atoms with Crippen LogP contribution in [0.1, 0.15) is 35.6 Å². The second-order valence-corrected chi connectivity index (χ2v) is 4.72. The number of hydrogen-bond donors (Lipinski definition) is 1. The van der Waals surface area contributed by atoms with Crippen LogP contribution in [-0.4, -0.2) is 4.98 Å². The van der Waals surface area contributed by atoms with Crippen molar-refractivity contribution in [3.05, 3.63) is 65.5 Å². The van der Waals surface area contributed by atoms with E-state index >= 15 is 0 Å². The third-order valence-electron chi connectivity index (χ3n) is 3.29. The van der Waals surface area contributed by atoms with Crippen molar-refractivity contribution in [2.24, 2.45) is 5.73 Å². The Kier molecular flexibility index (Phi) is 4.48. The summed E-state index contributed by atoms with van der Waals surface area (Å²) in [6.07, 6.45) is 6.93. The lowest BCUT2D eigenvalue weighted by atomic mass is 9.98. The van der Waals surface area contributed by atoms with E-state index in [4.69, 9.17) is 5.73 Å². The van der Waals surface area contributed by atoms with Crippen molar-refractivity contribution in [2.45, 2.75) is 32.2 Å². The van der Waals surface area contributed by atoms with Gasteiger partial charge in [0.2, 0.25) is 0 Å². The minimum atomic E-state index is 0.122. The number of aromatic nitrogens is 1. The fraction of sp³-hybridized carbons (Fsp3) is 0.312. The molecule has 0 aliphatic carbocycles. The quantitative estimate of drug-likeness (QED) is 0.869. The third kappa shape index (κ3) is 3.41. The number of nitrogens with two attached hydrogens (primary N) is 1. The van der Waals surface area contributed by atoms with Crippen LogP contribution in [0.2, 0.25) is 0 Å². The molecule has 0 radical (unpaired) electrons. The van der Waals surface area contributed by atoms with E-state index in [2.05, 4.69) is 42.2 Å². The number of aryl methyl sites for hydroxylation is 2. The molecule has 0 aliphatic rings. The lowest BCUT2D eigenvalue weighted by Crippen LogP contribution is -2.12. The molecule has 94 valence electrons. The van der Waals surface area contributed by atoms with Crippen LogP contribution in [0.3, 0.4) is 0 Å². The van der Waals surface area contributed by atoms with E-state index in [0.717, 1.165) is 19.3 Å². The van der Waals surface area contributed by atoms with E-state index < -0.39 is 0 Å². The van der Waals surface area contributed by atoms with Crippen LogP contribution in [0.4, 0.5) is 0 Å². The highest BCUT2D eigenvalue weighted by Gasteiger charge is 2.08. The zero-order chi connectivity index (χ0) is 12.8. The second kappa shape index (κ2) is 6.31. The highest BCUT2D eigenvalue weighted by atomic mass is 14.7. The third-order valence-corrected chi connectivity index (χ3v) is 3.29. The van der Waals surface area contributed by atoms with E-state index in [-0.39, 0.29) is 6.04 Å². The molecule has 2 heteroatoms. The van der Waals surface area contributed by atoms with Crippen molar-refractivity contribution in [1.29, 1.82) is 0 Å². The Hall–Kier alpha value is -1.67. The first-order chi connectivity index (χ1) is 8.77. The molecule has 0 saturated carbocycles. The van der Waals surface area contributed by atoms with Gasteiger partial charge in [-0.25, -0.2) is 0 Å². The van der Waals surface area contributed by atoms with Gasteiger partial charge in [0, 0.05) is 18.4 Å². The summed E-state index contributed by atoms with van der Waals surface area (Å²) in [6.45, 7) is 2.07. The monoisotopic (exact) mass is 240 g/mol. The zero-order valence-corrected chi connectivity index (χ0v) is 10.8. The maximum atomic E-state index is 6.23. The van der Waals surface area contributed by atoms with Gasteiger partial charge in [-0.2, -0.15) is 0 Å². The molecule has 2 rings (SSSR count). The van der Waals surface area contributed by atoms with E-state index in [9.17, 15) is 0 Å². The van der Waals surface area contributed by atoms with Gasteiger partial charge in [-0.05, 0) is 48.9 Å². The van der Waals surface area contributed by atoms with Gasteiger partial charge in [0.1, 0.15) is 0 Å². The molecule has 0 fully saturated rings. The van der Waals surface area contributed by atoms with Crippen molar-refractivity contribution in [1.82, 2.24) is 4.98 Å². The largest absolute Gasteiger partial charge is 0.324 e. The Morgan fingerprint density at radius 2 is 1.94 bits per heavy atom. The molecular weight excluding hydrogens is 220 g/mol. The Morgan fingerprint density at radius 3 is 2.67 bits per heavy atom. The van der Waals surface area contributed by atoms with Gasteiger partial charge in [-0.1, -0.05) is 30.3 Å². The average Bonchev–Trinajstić information content (AvgIpc) is 2.40. The summed E-state index contributed by atoms with van der Waals surface area (Å²) < 4.78 is 0. The Bertz CT molecular complexity index is 479. The van der Waals surface area contributed by atoms with Crippen molar-refractivity contribution >= 4 is 0 Å². The van der Waals surface area contributed by atoms with E-state index in [1.54, 1.807) is 0 Å². The first-order valence-electron chi connectivity index (χ1n) is 6.47. The molecule has 0 spiro atoms. The molecule has 2 N–H and O–H groups in total. The van der Waals surface area contributed by atoms with Gasteiger partial charge >= 0.3 is 0 Å². The maximum absolute atomic E-state index is 6.23. The topological polar surface area (TPSA) is 38.9 Å². The molecular formula is C16H20N2.